The Morgan fingerprint density at radius 3 is 2.73 bits per heavy atom. The van der Waals surface area contributed by atoms with Gasteiger partial charge in [-0.05, 0) is 31.4 Å². The molecule has 0 amide bonds. The van der Waals surface area contributed by atoms with Gasteiger partial charge in [-0.1, -0.05) is 0 Å². The number of hydrogen-bond acceptors (Lipinski definition) is 6. The highest BCUT2D eigenvalue weighted by Crippen LogP contribution is 2.41. The van der Waals surface area contributed by atoms with Gasteiger partial charge in [-0.2, -0.15) is 0 Å². The van der Waals surface area contributed by atoms with Gasteiger partial charge < -0.3 is 10.5 Å². The average molecular weight is 360 g/mol. The van der Waals surface area contributed by atoms with Crippen LogP contribution in [0.3, 0.4) is 0 Å². The van der Waals surface area contributed by atoms with Crippen LogP contribution >= 0.6 is 0 Å². The molecule has 0 spiro atoms. The Kier molecular flexibility index (Phi) is 3.93. The van der Waals surface area contributed by atoms with Crippen LogP contribution in [-0.2, 0) is 0 Å². The molecule has 0 atom stereocenters. The number of halogens is 2. The lowest BCUT2D eigenvalue weighted by atomic mass is 9.92. The molecule has 0 saturated heterocycles. The Morgan fingerprint density at radius 1 is 1.23 bits per heavy atom. The summed E-state index contributed by atoms with van der Waals surface area (Å²) in [5.41, 5.74) is 7.47. The lowest BCUT2D eigenvalue weighted by Gasteiger charge is -2.28. The maximum atomic E-state index is 13.5. The number of aryl methyl sites for hydroxylation is 1. The molecule has 9 heteroatoms. The predicted octanol–water partition coefficient (Wildman–Crippen LogP) is 3.65. The largest absolute Gasteiger partial charge is 0.418 e. The molecule has 26 heavy (non-hydrogen) atoms. The van der Waals surface area contributed by atoms with E-state index in [0.717, 1.165) is 5.56 Å². The quantitative estimate of drug-likeness (QED) is 0.766. The fourth-order valence-corrected chi connectivity index (χ4v) is 3.22. The zero-order valence-electron chi connectivity index (χ0n) is 14.2. The molecule has 0 radical (unpaired) electrons. The summed E-state index contributed by atoms with van der Waals surface area (Å²) in [6.45, 7) is 1.92. The van der Waals surface area contributed by atoms with Gasteiger partial charge in [0.1, 0.15) is 17.5 Å². The first-order chi connectivity index (χ1) is 12.4. The normalized spacial score (nSPS) is 17.5. The average Bonchev–Trinajstić information content (AvgIpc) is 2.95. The molecule has 0 aromatic carbocycles. The minimum Gasteiger partial charge on any atom is -0.418 e. The van der Waals surface area contributed by atoms with Gasteiger partial charge in [0.2, 0.25) is 11.8 Å². The maximum absolute atomic E-state index is 13.5. The molecule has 0 unspecified atom stereocenters. The van der Waals surface area contributed by atoms with Crippen molar-refractivity contribution in [3.05, 3.63) is 30.2 Å². The van der Waals surface area contributed by atoms with E-state index in [9.17, 15) is 8.78 Å². The van der Waals surface area contributed by atoms with E-state index < -0.39 is 5.92 Å². The van der Waals surface area contributed by atoms with Crippen molar-refractivity contribution in [2.45, 2.75) is 44.6 Å². The lowest BCUT2D eigenvalue weighted by Crippen LogP contribution is -2.26. The third-order valence-corrected chi connectivity index (χ3v) is 4.61. The van der Waals surface area contributed by atoms with E-state index in [0.29, 0.717) is 29.8 Å². The summed E-state index contributed by atoms with van der Waals surface area (Å²) in [6, 6.07) is 3.43. The van der Waals surface area contributed by atoms with Gasteiger partial charge in [-0.25, -0.2) is 28.4 Å². The smallest absolute Gasteiger partial charge is 0.253 e. The molecule has 2 N–H and O–H groups in total. The van der Waals surface area contributed by atoms with Crippen LogP contribution < -0.4 is 10.5 Å². The number of rotatable bonds is 3. The fourth-order valence-electron chi connectivity index (χ4n) is 3.22. The summed E-state index contributed by atoms with van der Waals surface area (Å²) < 4.78 is 34.4. The number of anilines is 1. The second kappa shape index (κ2) is 6.15. The van der Waals surface area contributed by atoms with Crippen molar-refractivity contribution in [1.82, 2.24) is 24.7 Å². The molecule has 3 aromatic heterocycles. The van der Waals surface area contributed by atoms with Gasteiger partial charge in [0.15, 0.2) is 5.65 Å². The number of nitrogens with zero attached hydrogens (tertiary/aromatic N) is 5. The Bertz CT molecular complexity index is 948. The molecular formula is C17H18F2N6O. The first-order valence-corrected chi connectivity index (χ1v) is 8.40. The van der Waals surface area contributed by atoms with E-state index in [-0.39, 0.29) is 30.6 Å². The van der Waals surface area contributed by atoms with E-state index in [1.165, 1.54) is 6.33 Å². The number of hydrogen-bond donors (Lipinski definition) is 1. The van der Waals surface area contributed by atoms with Crippen molar-refractivity contribution in [1.29, 1.82) is 0 Å². The van der Waals surface area contributed by atoms with Crippen LogP contribution in [0.5, 0.6) is 11.8 Å². The van der Waals surface area contributed by atoms with Crippen LogP contribution in [0.1, 0.15) is 37.3 Å². The van der Waals surface area contributed by atoms with Crippen molar-refractivity contribution < 1.29 is 13.5 Å². The van der Waals surface area contributed by atoms with Crippen LogP contribution in [0, 0.1) is 6.92 Å². The van der Waals surface area contributed by atoms with Crippen LogP contribution in [0.25, 0.3) is 11.0 Å². The first-order valence-electron chi connectivity index (χ1n) is 8.40. The van der Waals surface area contributed by atoms with Gasteiger partial charge in [-0.15, -0.1) is 5.10 Å². The molecule has 136 valence electrons. The fraction of sp³-hybridized carbons (Fsp3) is 0.412. The number of ether oxygens (including phenoxy) is 1. The number of nitrogens with two attached hydrogens (primary N) is 1. The van der Waals surface area contributed by atoms with Gasteiger partial charge in [0, 0.05) is 25.1 Å². The van der Waals surface area contributed by atoms with Gasteiger partial charge in [0.05, 0.1) is 6.04 Å². The second-order valence-electron chi connectivity index (χ2n) is 6.57. The summed E-state index contributed by atoms with van der Waals surface area (Å²) >= 11 is 0. The Labute approximate surface area is 148 Å². The van der Waals surface area contributed by atoms with E-state index in [1.807, 2.05) is 13.0 Å². The van der Waals surface area contributed by atoms with Crippen LogP contribution in [0.2, 0.25) is 0 Å². The monoisotopic (exact) mass is 360 g/mol. The minimum absolute atomic E-state index is 0.171. The molecule has 3 aromatic rings. The van der Waals surface area contributed by atoms with Crippen molar-refractivity contribution in [3.63, 3.8) is 0 Å². The summed E-state index contributed by atoms with van der Waals surface area (Å²) in [5.74, 6) is -1.79. The maximum Gasteiger partial charge on any atom is 0.253 e. The minimum atomic E-state index is -2.61. The molecular weight excluding hydrogens is 342 g/mol. The molecule has 3 heterocycles. The standard InChI is InChI=1S/C17H18F2N6O/c1-10-4-7-21-12(8-10)26-16-13-14(20)22-9-23-15(13)25(24-16)11-2-5-17(18,19)6-3-11/h4,7-9,11H,2-3,5-6H2,1H3,(H2,20,22,23). The Morgan fingerprint density at radius 2 is 2.00 bits per heavy atom. The van der Waals surface area contributed by atoms with Crippen LogP contribution in [0.15, 0.2) is 24.7 Å². The molecule has 7 nitrogen and oxygen atoms in total. The summed E-state index contributed by atoms with van der Waals surface area (Å²) in [4.78, 5) is 12.4. The lowest BCUT2D eigenvalue weighted by molar-refractivity contribution is -0.0446. The molecule has 1 saturated carbocycles. The number of alkyl halides is 2. The molecule has 1 fully saturated rings. The van der Waals surface area contributed by atoms with E-state index in [1.54, 1.807) is 16.9 Å². The van der Waals surface area contributed by atoms with Gasteiger partial charge in [-0.3, -0.25) is 0 Å². The zero-order chi connectivity index (χ0) is 18.3. The summed E-state index contributed by atoms with van der Waals surface area (Å²) in [5, 5.41) is 4.94. The molecule has 0 aliphatic heterocycles. The Balaban J connectivity index is 1.74. The number of nitrogen functional groups attached to an aromatic ring is 1. The van der Waals surface area contributed by atoms with Crippen molar-refractivity contribution in [2.24, 2.45) is 0 Å². The van der Waals surface area contributed by atoms with E-state index in [4.69, 9.17) is 10.5 Å². The second-order valence-corrected chi connectivity index (χ2v) is 6.57. The zero-order valence-corrected chi connectivity index (χ0v) is 14.2. The Hall–Kier alpha value is -2.84. The molecule has 0 bridgehead atoms. The molecule has 1 aliphatic carbocycles. The highest BCUT2D eigenvalue weighted by Gasteiger charge is 2.37. The third kappa shape index (κ3) is 3.04. The van der Waals surface area contributed by atoms with E-state index >= 15 is 0 Å². The van der Waals surface area contributed by atoms with Crippen LogP contribution in [0.4, 0.5) is 14.6 Å². The number of fused-ring (bicyclic) bond motifs is 1. The topological polar surface area (TPSA) is 91.7 Å². The van der Waals surface area contributed by atoms with Crippen LogP contribution in [-0.4, -0.2) is 30.7 Å². The van der Waals surface area contributed by atoms with Gasteiger partial charge >= 0.3 is 0 Å². The highest BCUT2D eigenvalue weighted by molar-refractivity contribution is 5.90. The first kappa shape index (κ1) is 16.6. The van der Waals surface area contributed by atoms with Crippen molar-refractivity contribution in [3.8, 4) is 11.8 Å². The number of aromatic nitrogens is 5. The SMILES string of the molecule is Cc1ccnc(Oc2nn(C3CCC(F)(F)CC3)c3ncnc(N)c23)c1. The number of pyridine rings is 1. The highest BCUT2D eigenvalue weighted by atomic mass is 19.3. The summed E-state index contributed by atoms with van der Waals surface area (Å²) in [6.07, 6.45) is 3.25. The van der Waals surface area contributed by atoms with Gasteiger partial charge in [0.25, 0.3) is 5.88 Å². The van der Waals surface area contributed by atoms with E-state index in [2.05, 4.69) is 20.1 Å². The third-order valence-electron chi connectivity index (χ3n) is 4.61. The molecule has 1 aliphatic rings. The van der Waals surface area contributed by atoms with Crippen molar-refractivity contribution >= 4 is 16.9 Å². The van der Waals surface area contributed by atoms with Crippen molar-refractivity contribution in [2.75, 3.05) is 5.73 Å². The molecule has 4 rings (SSSR count). The predicted molar refractivity (Wildman–Crippen MR) is 91.2 cm³/mol. The summed E-state index contributed by atoms with van der Waals surface area (Å²) in [7, 11) is 0.